The van der Waals surface area contributed by atoms with E-state index in [9.17, 15) is 13.2 Å². The number of sulfonamides is 1. The van der Waals surface area contributed by atoms with Crippen LogP contribution in [0.2, 0.25) is 0 Å². The third-order valence-electron chi connectivity index (χ3n) is 3.88. The molecule has 1 aliphatic rings. The molecule has 0 spiro atoms. The van der Waals surface area contributed by atoms with Gasteiger partial charge in [0.15, 0.2) is 0 Å². The number of carbonyl (C=O) groups excluding carboxylic acids is 1. The zero-order chi connectivity index (χ0) is 18.4. The lowest BCUT2D eigenvalue weighted by atomic mass is 9.98. The highest BCUT2D eigenvalue weighted by Crippen LogP contribution is 2.31. The maximum atomic E-state index is 12.4. The van der Waals surface area contributed by atoms with Crippen molar-refractivity contribution in [3.63, 3.8) is 0 Å². The Kier molecular flexibility index (Phi) is 4.32. The highest BCUT2D eigenvalue weighted by atomic mass is 32.2. The van der Waals surface area contributed by atoms with E-state index in [2.05, 4.69) is 15.5 Å². The predicted molar refractivity (Wildman–Crippen MR) is 98.9 cm³/mol. The summed E-state index contributed by atoms with van der Waals surface area (Å²) in [6.45, 7) is 6.51. The summed E-state index contributed by atoms with van der Waals surface area (Å²) in [4.78, 5) is 12.4. The molecule has 1 aliphatic heterocycles. The molecule has 0 bridgehead atoms. The lowest BCUT2D eigenvalue weighted by Gasteiger charge is -2.16. The molecule has 1 amide bonds. The average molecular weight is 380 g/mol. The first-order valence-corrected chi connectivity index (χ1v) is 10.5. The average Bonchev–Trinajstić information content (AvgIpc) is 3.11. The molecule has 0 saturated carbocycles. The second-order valence-electron chi connectivity index (χ2n) is 7.05. The molecule has 0 saturated heterocycles. The van der Waals surface area contributed by atoms with Gasteiger partial charge in [0, 0.05) is 17.5 Å². The van der Waals surface area contributed by atoms with Crippen molar-refractivity contribution in [2.24, 2.45) is 0 Å². The number of anilines is 2. The lowest BCUT2D eigenvalue weighted by molar-refractivity contribution is 0.102. The van der Waals surface area contributed by atoms with Gasteiger partial charge in [0.2, 0.25) is 15.2 Å². The van der Waals surface area contributed by atoms with E-state index in [0.717, 1.165) is 10.6 Å². The molecule has 7 nitrogen and oxygen atoms in total. The monoisotopic (exact) mass is 380 g/mol. The van der Waals surface area contributed by atoms with E-state index in [1.807, 2.05) is 20.8 Å². The minimum absolute atomic E-state index is 0.122. The molecule has 25 heavy (non-hydrogen) atoms. The largest absolute Gasteiger partial charge is 0.296 e. The molecule has 0 radical (unpaired) electrons. The van der Waals surface area contributed by atoms with Gasteiger partial charge in [0.25, 0.3) is 5.91 Å². The summed E-state index contributed by atoms with van der Waals surface area (Å²) < 4.78 is 24.9. The van der Waals surface area contributed by atoms with Crippen LogP contribution >= 0.6 is 11.3 Å². The molecule has 0 atom stereocenters. The summed E-state index contributed by atoms with van der Waals surface area (Å²) >= 11 is 1.35. The van der Waals surface area contributed by atoms with Gasteiger partial charge in [-0.2, -0.15) is 0 Å². The Morgan fingerprint density at radius 3 is 2.60 bits per heavy atom. The predicted octanol–water partition coefficient (Wildman–Crippen LogP) is 2.41. The third kappa shape index (κ3) is 3.67. The van der Waals surface area contributed by atoms with E-state index >= 15 is 0 Å². The van der Waals surface area contributed by atoms with Crippen LogP contribution in [0.15, 0.2) is 18.2 Å². The number of rotatable bonds is 3. The van der Waals surface area contributed by atoms with Crippen molar-refractivity contribution in [3.8, 4) is 0 Å². The molecular weight excluding hydrogens is 360 g/mol. The minimum Gasteiger partial charge on any atom is -0.296 e. The molecule has 0 unspecified atom stereocenters. The molecule has 0 fully saturated rings. The van der Waals surface area contributed by atoms with Crippen molar-refractivity contribution >= 4 is 38.1 Å². The molecule has 2 heterocycles. The number of hydrogen-bond acceptors (Lipinski definition) is 6. The molecule has 2 aromatic rings. The van der Waals surface area contributed by atoms with Crippen LogP contribution in [0, 0.1) is 0 Å². The highest BCUT2D eigenvalue weighted by molar-refractivity contribution is 7.92. The van der Waals surface area contributed by atoms with Gasteiger partial charge in [-0.25, -0.2) is 8.42 Å². The smallest absolute Gasteiger partial charge is 0.257 e. The standard InChI is InChI=1S/C16H20N4O3S2/c1-16(2,3)14-18-19-15(24-14)17-13(21)11-5-6-12-10(9-11)7-8-20(12)25(4,22)23/h5-6,9H,7-8H2,1-4H3,(H,17,19,21). The molecular formula is C16H20N4O3S2. The second-order valence-corrected chi connectivity index (χ2v) is 9.93. The van der Waals surface area contributed by atoms with Crippen LogP contribution in [0.1, 0.15) is 41.7 Å². The van der Waals surface area contributed by atoms with Gasteiger partial charge in [-0.1, -0.05) is 32.1 Å². The Morgan fingerprint density at radius 1 is 1.28 bits per heavy atom. The number of amides is 1. The van der Waals surface area contributed by atoms with Gasteiger partial charge in [-0.15, -0.1) is 10.2 Å². The first-order valence-electron chi connectivity index (χ1n) is 7.82. The summed E-state index contributed by atoms with van der Waals surface area (Å²) in [5.74, 6) is -0.280. The van der Waals surface area contributed by atoms with Crippen molar-refractivity contribution in [3.05, 3.63) is 34.3 Å². The molecule has 3 rings (SSSR count). The SMILES string of the molecule is CC(C)(C)c1nnc(NC(=O)c2ccc3c(c2)CCN3S(C)(=O)=O)s1. The Bertz CT molecular complexity index is 929. The number of fused-ring (bicyclic) bond motifs is 1. The fraction of sp³-hybridized carbons (Fsp3) is 0.438. The van der Waals surface area contributed by atoms with Crippen molar-refractivity contribution in [2.75, 3.05) is 22.4 Å². The Labute approximate surface area is 151 Å². The van der Waals surface area contributed by atoms with Gasteiger partial charge in [-0.3, -0.25) is 14.4 Å². The van der Waals surface area contributed by atoms with Crippen LogP contribution in [0.5, 0.6) is 0 Å². The van der Waals surface area contributed by atoms with Crippen LogP contribution in [0.4, 0.5) is 10.8 Å². The second kappa shape index (κ2) is 6.06. The van der Waals surface area contributed by atoms with Gasteiger partial charge >= 0.3 is 0 Å². The van der Waals surface area contributed by atoms with Gasteiger partial charge in [-0.05, 0) is 30.2 Å². The van der Waals surface area contributed by atoms with Crippen LogP contribution < -0.4 is 9.62 Å². The zero-order valence-electron chi connectivity index (χ0n) is 14.5. The van der Waals surface area contributed by atoms with Crippen LogP contribution in [-0.2, 0) is 21.9 Å². The molecule has 0 aliphatic carbocycles. The Balaban J connectivity index is 1.79. The molecule has 1 N–H and O–H groups in total. The highest BCUT2D eigenvalue weighted by Gasteiger charge is 2.27. The molecule has 134 valence electrons. The maximum absolute atomic E-state index is 12.4. The van der Waals surface area contributed by atoms with Crippen molar-refractivity contribution in [2.45, 2.75) is 32.6 Å². The summed E-state index contributed by atoms with van der Waals surface area (Å²) in [6.07, 6.45) is 1.78. The van der Waals surface area contributed by atoms with E-state index in [0.29, 0.717) is 29.3 Å². The fourth-order valence-corrected chi connectivity index (χ4v) is 4.36. The number of benzene rings is 1. The van der Waals surface area contributed by atoms with Crippen LogP contribution in [-0.4, -0.2) is 37.3 Å². The van der Waals surface area contributed by atoms with Crippen molar-refractivity contribution < 1.29 is 13.2 Å². The number of carbonyl (C=O) groups is 1. The molecule has 1 aromatic heterocycles. The fourth-order valence-electron chi connectivity index (χ4n) is 2.60. The van der Waals surface area contributed by atoms with E-state index in [-0.39, 0.29) is 11.3 Å². The van der Waals surface area contributed by atoms with Crippen LogP contribution in [0.25, 0.3) is 0 Å². The van der Waals surface area contributed by atoms with E-state index in [4.69, 9.17) is 0 Å². The topological polar surface area (TPSA) is 92.3 Å². The first kappa shape index (κ1) is 17.8. The quantitative estimate of drug-likeness (QED) is 0.883. The Hall–Kier alpha value is -2.00. The summed E-state index contributed by atoms with van der Waals surface area (Å²) in [6, 6.07) is 5.05. The van der Waals surface area contributed by atoms with Gasteiger partial charge < -0.3 is 0 Å². The summed E-state index contributed by atoms with van der Waals surface area (Å²) in [5.41, 5.74) is 1.85. The Morgan fingerprint density at radius 2 is 2.00 bits per heavy atom. The summed E-state index contributed by atoms with van der Waals surface area (Å²) in [5, 5.41) is 12.2. The van der Waals surface area contributed by atoms with Crippen LogP contribution in [0.3, 0.4) is 0 Å². The number of hydrogen-bond donors (Lipinski definition) is 1. The number of nitrogens with one attached hydrogen (secondary N) is 1. The first-order chi connectivity index (χ1) is 11.6. The van der Waals surface area contributed by atoms with Gasteiger partial charge in [0.1, 0.15) is 5.01 Å². The number of aromatic nitrogens is 2. The maximum Gasteiger partial charge on any atom is 0.257 e. The summed E-state index contributed by atoms with van der Waals surface area (Å²) in [7, 11) is -3.29. The zero-order valence-corrected chi connectivity index (χ0v) is 16.2. The molecule has 1 aromatic carbocycles. The van der Waals surface area contributed by atoms with E-state index in [1.165, 1.54) is 21.9 Å². The normalized spacial score (nSPS) is 14.5. The van der Waals surface area contributed by atoms with E-state index < -0.39 is 10.0 Å². The molecule has 9 heteroatoms. The minimum atomic E-state index is -3.29. The van der Waals surface area contributed by atoms with Crippen molar-refractivity contribution in [1.29, 1.82) is 0 Å². The van der Waals surface area contributed by atoms with E-state index in [1.54, 1.807) is 18.2 Å². The third-order valence-corrected chi connectivity index (χ3v) is 6.33. The van der Waals surface area contributed by atoms with Crippen molar-refractivity contribution in [1.82, 2.24) is 10.2 Å². The van der Waals surface area contributed by atoms with Gasteiger partial charge in [0.05, 0.1) is 11.9 Å². The number of nitrogens with zero attached hydrogens (tertiary/aromatic N) is 3. The lowest BCUT2D eigenvalue weighted by Crippen LogP contribution is -2.27.